The summed E-state index contributed by atoms with van der Waals surface area (Å²) in [7, 11) is 6.52. The van der Waals surface area contributed by atoms with E-state index >= 15 is 0 Å². The zero-order chi connectivity index (χ0) is 11.8. The fourth-order valence-corrected chi connectivity index (χ4v) is 2.85. The topological polar surface area (TPSA) is 26.7 Å². The second-order valence-corrected chi connectivity index (χ2v) is 6.07. The summed E-state index contributed by atoms with van der Waals surface area (Å²) in [5, 5.41) is 9.93. The van der Waals surface area contributed by atoms with Crippen LogP contribution in [-0.4, -0.2) is 60.8 Å². The normalized spacial score (nSPS) is 25.9. The number of hydrogen-bond donors (Lipinski definition) is 1. The van der Waals surface area contributed by atoms with Crippen molar-refractivity contribution in [1.29, 1.82) is 0 Å². The highest BCUT2D eigenvalue weighted by molar-refractivity contribution is 4.98. The molecule has 0 amide bonds. The molecule has 2 rings (SSSR count). The first-order valence-electron chi connectivity index (χ1n) is 6.57. The van der Waals surface area contributed by atoms with E-state index in [0.717, 1.165) is 13.1 Å². The van der Waals surface area contributed by atoms with E-state index in [9.17, 15) is 5.11 Å². The molecule has 3 nitrogen and oxygen atoms in total. The van der Waals surface area contributed by atoms with Gasteiger partial charge in [-0.2, -0.15) is 0 Å². The maximum Gasteiger partial charge on any atom is 0.0695 e. The van der Waals surface area contributed by atoms with E-state index in [-0.39, 0.29) is 6.10 Å². The van der Waals surface area contributed by atoms with Crippen LogP contribution in [-0.2, 0) is 0 Å². The van der Waals surface area contributed by atoms with Crippen molar-refractivity contribution in [2.45, 2.75) is 43.7 Å². The average Bonchev–Trinajstić information content (AvgIpc) is 2.93. The Kier molecular flexibility index (Phi) is 3.57. The van der Waals surface area contributed by atoms with Crippen molar-refractivity contribution in [1.82, 2.24) is 9.80 Å². The van der Waals surface area contributed by atoms with Crippen molar-refractivity contribution in [3.63, 3.8) is 0 Å². The summed E-state index contributed by atoms with van der Waals surface area (Å²) in [6, 6.07) is 0. The maximum atomic E-state index is 9.93. The number of nitrogens with zero attached hydrogens (tertiary/aromatic N) is 2. The van der Waals surface area contributed by atoms with Crippen LogP contribution in [0.3, 0.4) is 0 Å². The van der Waals surface area contributed by atoms with Gasteiger partial charge in [-0.3, -0.25) is 0 Å². The summed E-state index contributed by atoms with van der Waals surface area (Å²) in [4.78, 5) is 4.69. The molecule has 2 aliphatic carbocycles. The highest BCUT2D eigenvalue weighted by Gasteiger charge is 2.40. The second-order valence-electron chi connectivity index (χ2n) is 6.07. The van der Waals surface area contributed by atoms with Crippen molar-refractivity contribution in [2.24, 2.45) is 5.92 Å². The summed E-state index contributed by atoms with van der Waals surface area (Å²) in [5.74, 6) is 0.596. The van der Waals surface area contributed by atoms with Crippen LogP contribution in [0.5, 0.6) is 0 Å². The third-order valence-corrected chi connectivity index (χ3v) is 4.46. The van der Waals surface area contributed by atoms with E-state index in [0.29, 0.717) is 11.5 Å². The average molecular weight is 226 g/mol. The van der Waals surface area contributed by atoms with Crippen molar-refractivity contribution >= 4 is 0 Å². The molecule has 3 heteroatoms. The Morgan fingerprint density at radius 3 is 2.25 bits per heavy atom. The molecule has 0 radical (unpaired) electrons. The van der Waals surface area contributed by atoms with Crippen LogP contribution in [0.1, 0.15) is 32.1 Å². The van der Waals surface area contributed by atoms with E-state index in [2.05, 4.69) is 30.9 Å². The molecule has 2 aliphatic rings. The Morgan fingerprint density at radius 1 is 1.25 bits per heavy atom. The summed E-state index contributed by atoms with van der Waals surface area (Å²) in [5.41, 5.74) is 0.387. The zero-order valence-corrected chi connectivity index (χ0v) is 10.9. The van der Waals surface area contributed by atoms with Crippen LogP contribution in [0.2, 0.25) is 0 Å². The Labute approximate surface area is 99.4 Å². The van der Waals surface area contributed by atoms with Gasteiger partial charge >= 0.3 is 0 Å². The van der Waals surface area contributed by atoms with Gasteiger partial charge in [-0.1, -0.05) is 0 Å². The molecule has 0 aromatic carbocycles. The van der Waals surface area contributed by atoms with Gasteiger partial charge in [0, 0.05) is 18.6 Å². The summed E-state index contributed by atoms with van der Waals surface area (Å²) in [6.45, 7) is 1.95. The molecule has 0 aromatic rings. The van der Waals surface area contributed by atoms with Gasteiger partial charge in [0.05, 0.1) is 6.10 Å². The lowest BCUT2D eigenvalue weighted by Gasteiger charge is -2.49. The summed E-state index contributed by atoms with van der Waals surface area (Å²) >= 11 is 0. The minimum atomic E-state index is -0.0933. The van der Waals surface area contributed by atoms with Crippen molar-refractivity contribution in [3.8, 4) is 0 Å². The van der Waals surface area contributed by atoms with Gasteiger partial charge < -0.3 is 14.9 Å². The van der Waals surface area contributed by atoms with Gasteiger partial charge in [0.1, 0.15) is 0 Å². The molecular weight excluding hydrogens is 200 g/mol. The molecule has 1 unspecified atom stereocenters. The number of aliphatic hydroxyl groups excluding tert-OH is 1. The molecule has 0 aliphatic heterocycles. The predicted octanol–water partition coefficient (Wildman–Crippen LogP) is 1.17. The van der Waals surface area contributed by atoms with E-state index in [1.165, 1.54) is 32.1 Å². The molecule has 16 heavy (non-hydrogen) atoms. The third kappa shape index (κ3) is 2.58. The minimum absolute atomic E-state index is 0.0933. The fourth-order valence-electron chi connectivity index (χ4n) is 2.85. The lowest BCUT2D eigenvalue weighted by molar-refractivity contribution is 0.0121. The molecule has 0 aromatic heterocycles. The van der Waals surface area contributed by atoms with Gasteiger partial charge in [-0.15, -0.1) is 0 Å². The van der Waals surface area contributed by atoms with Crippen molar-refractivity contribution in [2.75, 3.05) is 34.2 Å². The van der Waals surface area contributed by atoms with E-state index < -0.39 is 0 Å². The van der Waals surface area contributed by atoms with E-state index in [4.69, 9.17) is 0 Å². The van der Waals surface area contributed by atoms with Gasteiger partial charge in [0.2, 0.25) is 0 Å². The molecule has 94 valence electrons. The molecular formula is C13H26N2O. The van der Waals surface area contributed by atoms with Gasteiger partial charge in [-0.05, 0) is 59.2 Å². The van der Waals surface area contributed by atoms with Crippen LogP contribution >= 0.6 is 0 Å². The lowest BCUT2D eigenvalue weighted by atomic mass is 9.75. The summed E-state index contributed by atoms with van der Waals surface area (Å²) < 4.78 is 0. The number of aliphatic hydroxyl groups is 1. The monoisotopic (exact) mass is 226 g/mol. The first-order valence-corrected chi connectivity index (χ1v) is 6.57. The van der Waals surface area contributed by atoms with Crippen LogP contribution in [0, 0.1) is 5.92 Å². The van der Waals surface area contributed by atoms with Crippen molar-refractivity contribution < 1.29 is 5.11 Å². The zero-order valence-electron chi connectivity index (χ0n) is 10.9. The Morgan fingerprint density at radius 2 is 1.88 bits per heavy atom. The second kappa shape index (κ2) is 4.63. The largest absolute Gasteiger partial charge is 0.392 e. The van der Waals surface area contributed by atoms with Crippen LogP contribution in [0.15, 0.2) is 0 Å². The first-order chi connectivity index (χ1) is 7.53. The molecule has 1 atom stereocenters. The molecule has 0 spiro atoms. The Bertz CT molecular complexity index is 234. The van der Waals surface area contributed by atoms with E-state index in [1.54, 1.807) is 0 Å². The van der Waals surface area contributed by atoms with Gasteiger partial charge in [0.25, 0.3) is 0 Å². The SMILES string of the molecule is CN(CC(O)C1CC1)CC1(N(C)C)CCC1. The quantitative estimate of drug-likeness (QED) is 0.736. The predicted molar refractivity (Wildman–Crippen MR) is 66.5 cm³/mol. The van der Waals surface area contributed by atoms with Crippen molar-refractivity contribution in [3.05, 3.63) is 0 Å². The van der Waals surface area contributed by atoms with E-state index in [1.807, 2.05) is 0 Å². The number of likely N-dealkylation sites (N-methyl/N-ethyl adjacent to an activating group) is 2. The molecule has 2 saturated carbocycles. The molecule has 0 saturated heterocycles. The molecule has 1 N–H and O–H groups in total. The maximum absolute atomic E-state index is 9.93. The Hall–Kier alpha value is -0.120. The Balaban J connectivity index is 1.78. The summed E-state index contributed by atoms with van der Waals surface area (Å²) in [6.07, 6.45) is 6.34. The first kappa shape index (κ1) is 12.3. The van der Waals surface area contributed by atoms with Crippen LogP contribution in [0.4, 0.5) is 0 Å². The molecule has 0 heterocycles. The van der Waals surface area contributed by atoms with Crippen LogP contribution in [0.25, 0.3) is 0 Å². The third-order valence-electron chi connectivity index (χ3n) is 4.46. The lowest BCUT2D eigenvalue weighted by Crippen LogP contribution is -2.57. The standard InChI is InChI=1S/C13H26N2O/c1-14(2)13(7-4-8-13)10-15(3)9-12(16)11-5-6-11/h11-12,16H,4-10H2,1-3H3. The fraction of sp³-hybridized carbons (Fsp3) is 1.00. The molecule has 0 bridgehead atoms. The molecule has 2 fully saturated rings. The van der Waals surface area contributed by atoms with Gasteiger partial charge in [-0.25, -0.2) is 0 Å². The highest BCUT2D eigenvalue weighted by Crippen LogP contribution is 2.37. The van der Waals surface area contributed by atoms with Crippen LogP contribution < -0.4 is 0 Å². The highest BCUT2D eigenvalue weighted by atomic mass is 16.3. The van der Waals surface area contributed by atoms with Gasteiger partial charge in [0.15, 0.2) is 0 Å². The minimum Gasteiger partial charge on any atom is -0.392 e. The number of hydrogen-bond acceptors (Lipinski definition) is 3. The smallest absolute Gasteiger partial charge is 0.0695 e. The number of rotatable bonds is 6.